The van der Waals surface area contributed by atoms with Crippen LogP contribution in [0, 0.1) is 0 Å². The van der Waals surface area contributed by atoms with E-state index in [2.05, 4.69) is 15.5 Å². The predicted molar refractivity (Wildman–Crippen MR) is 54.5 cm³/mol. The van der Waals surface area contributed by atoms with Crippen molar-refractivity contribution in [2.24, 2.45) is 0 Å². The molecule has 0 aliphatic heterocycles. The monoisotopic (exact) mass is 211 g/mol. The molecule has 1 aliphatic carbocycles. The largest absolute Gasteiger partial charge is 0.383 e. The van der Waals surface area contributed by atoms with Crippen molar-refractivity contribution in [2.75, 3.05) is 20.3 Å². The van der Waals surface area contributed by atoms with Crippen molar-refractivity contribution in [3.8, 4) is 0 Å². The fourth-order valence-corrected chi connectivity index (χ4v) is 1.54. The summed E-state index contributed by atoms with van der Waals surface area (Å²) in [5.74, 6) is 2.10. The molecule has 1 heterocycles. The third-order valence-corrected chi connectivity index (χ3v) is 2.71. The minimum Gasteiger partial charge on any atom is -0.383 e. The number of hydrogen-bond acceptors (Lipinski definition) is 5. The molecule has 1 aliphatic rings. The van der Waals surface area contributed by atoms with Crippen molar-refractivity contribution in [1.82, 2.24) is 15.5 Å². The topological polar surface area (TPSA) is 60.2 Å². The van der Waals surface area contributed by atoms with Crippen LogP contribution in [0.3, 0.4) is 0 Å². The number of aromatic nitrogens is 2. The maximum atomic E-state index is 5.14. The molecule has 0 bridgehead atoms. The second-order valence-corrected chi connectivity index (χ2v) is 3.84. The van der Waals surface area contributed by atoms with Crippen LogP contribution in [-0.2, 0) is 11.3 Å². The highest BCUT2D eigenvalue weighted by Crippen LogP contribution is 2.34. The minimum absolute atomic E-state index is 0.543. The van der Waals surface area contributed by atoms with Crippen molar-refractivity contribution < 1.29 is 9.26 Å². The second kappa shape index (κ2) is 5.23. The maximum Gasteiger partial charge on any atom is 0.240 e. The first kappa shape index (κ1) is 10.6. The van der Waals surface area contributed by atoms with E-state index in [1.54, 1.807) is 7.11 Å². The summed E-state index contributed by atoms with van der Waals surface area (Å²) in [6.45, 7) is 2.13. The molecule has 1 N–H and O–H groups in total. The molecule has 5 nitrogen and oxygen atoms in total. The van der Waals surface area contributed by atoms with Gasteiger partial charge in [-0.1, -0.05) is 11.6 Å². The van der Waals surface area contributed by atoms with E-state index < -0.39 is 0 Å². The van der Waals surface area contributed by atoms with E-state index in [9.17, 15) is 0 Å². The highest BCUT2D eigenvalue weighted by Gasteiger charge is 2.24. The van der Waals surface area contributed by atoms with Crippen LogP contribution in [0.4, 0.5) is 0 Å². The highest BCUT2D eigenvalue weighted by molar-refractivity contribution is 4.99. The maximum absolute atomic E-state index is 5.14. The number of nitrogens with zero attached hydrogens (tertiary/aromatic N) is 2. The van der Waals surface area contributed by atoms with Gasteiger partial charge in [-0.2, -0.15) is 4.98 Å². The SMILES string of the molecule is COCCNCc1nc(C2CCC2)no1. The normalized spacial score (nSPS) is 16.6. The van der Waals surface area contributed by atoms with Crippen LogP contribution in [0.2, 0.25) is 0 Å². The Morgan fingerprint density at radius 1 is 1.53 bits per heavy atom. The van der Waals surface area contributed by atoms with E-state index in [1.165, 1.54) is 19.3 Å². The summed E-state index contributed by atoms with van der Waals surface area (Å²) in [6, 6.07) is 0. The van der Waals surface area contributed by atoms with E-state index in [0.717, 1.165) is 12.4 Å². The number of methoxy groups -OCH3 is 1. The van der Waals surface area contributed by atoms with Gasteiger partial charge in [0.2, 0.25) is 5.89 Å². The van der Waals surface area contributed by atoms with Crippen molar-refractivity contribution in [1.29, 1.82) is 0 Å². The van der Waals surface area contributed by atoms with E-state index in [0.29, 0.717) is 25.0 Å². The Hall–Kier alpha value is -0.940. The first-order valence-corrected chi connectivity index (χ1v) is 5.42. The zero-order chi connectivity index (χ0) is 10.5. The van der Waals surface area contributed by atoms with Gasteiger partial charge in [-0.3, -0.25) is 0 Å². The summed E-state index contributed by atoms with van der Waals surface area (Å²) in [7, 11) is 1.68. The summed E-state index contributed by atoms with van der Waals surface area (Å²) < 4.78 is 10.1. The third-order valence-electron chi connectivity index (χ3n) is 2.71. The van der Waals surface area contributed by atoms with Gasteiger partial charge in [0.25, 0.3) is 0 Å². The summed E-state index contributed by atoms with van der Waals surface area (Å²) in [6.07, 6.45) is 3.70. The smallest absolute Gasteiger partial charge is 0.240 e. The fraction of sp³-hybridized carbons (Fsp3) is 0.800. The number of nitrogens with one attached hydrogen (secondary N) is 1. The lowest BCUT2D eigenvalue weighted by atomic mass is 9.85. The van der Waals surface area contributed by atoms with E-state index >= 15 is 0 Å². The Morgan fingerprint density at radius 3 is 3.07 bits per heavy atom. The molecule has 5 heteroatoms. The van der Waals surface area contributed by atoms with Crippen LogP contribution in [0.15, 0.2) is 4.52 Å². The quantitative estimate of drug-likeness (QED) is 0.713. The molecule has 1 aromatic heterocycles. The van der Waals surface area contributed by atoms with Gasteiger partial charge in [0.15, 0.2) is 5.82 Å². The molecule has 84 valence electrons. The van der Waals surface area contributed by atoms with Gasteiger partial charge >= 0.3 is 0 Å². The van der Waals surface area contributed by atoms with Gasteiger partial charge in [0.1, 0.15) is 0 Å². The molecular formula is C10H17N3O2. The van der Waals surface area contributed by atoms with Crippen LogP contribution in [-0.4, -0.2) is 30.4 Å². The Balaban J connectivity index is 1.74. The zero-order valence-electron chi connectivity index (χ0n) is 9.03. The van der Waals surface area contributed by atoms with Gasteiger partial charge in [-0.25, -0.2) is 0 Å². The molecule has 0 amide bonds. The lowest BCUT2D eigenvalue weighted by molar-refractivity contribution is 0.197. The average molecular weight is 211 g/mol. The van der Waals surface area contributed by atoms with Crippen LogP contribution in [0.1, 0.15) is 36.9 Å². The Morgan fingerprint density at radius 2 is 2.40 bits per heavy atom. The summed E-state index contributed by atoms with van der Waals surface area (Å²) >= 11 is 0. The molecule has 1 aromatic rings. The van der Waals surface area contributed by atoms with E-state index in [4.69, 9.17) is 9.26 Å². The standard InChI is InChI=1S/C10H17N3O2/c1-14-6-5-11-7-9-12-10(13-15-9)8-3-2-4-8/h8,11H,2-7H2,1H3. The molecule has 2 rings (SSSR count). The summed E-state index contributed by atoms with van der Waals surface area (Å²) in [5, 5.41) is 7.15. The first-order chi connectivity index (χ1) is 7.40. The number of ether oxygens (including phenoxy) is 1. The zero-order valence-corrected chi connectivity index (χ0v) is 9.03. The predicted octanol–water partition coefficient (Wildman–Crippen LogP) is 1.07. The first-order valence-electron chi connectivity index (χ1n) is 5.42. The summed E-state index contributed by atoms with van der Waals surface area (Å²) in [4.78, 5) is 4.35. The highest BCUT2D eigenvalue weighted by atomic mass is 16.5. The molecule has 0 unspecified atom stereocenters. The van der Waals surface area contributed by atoms with Crippen molar-refractivity contribution in [3.63, 3.8) is 0 Å². The molecule has 0 spiro atoms. The molecule has 1 fully saturated rings. The second-order valence-electron chi connectivity index (χ2n) is 3.84. The Bertz CT molecular complexity index is 297. The Kier molecular flexibility index (Phi) is 3.69. The lowest BCUT2D eigenvalue weighted by Crippen LogP contribution is -2.18. The van der Waals surface area contributed by atoms with Gasteiger partial charge in [0.05, 0.1) is 13.2 Å². The average Bonchev–Trinajstić information content (AvgIpc) is 2.58. The van der Waals surface area contributed by atoms with Crippen LogP contribution < -0.4 is 5.32 Å². The van der Waals surface area contributed by atoms with E-state index in [1.807, 2.05) is 0 Å². The third kappa shape index (κ3) is 2.76. The minimum atomic E-state index is 0.543. The Labute approximate surface area is 89.2 Å². The van der Waals surface area contributed by atoms with Crippen molar-refractivity contribution in [2.45, 2.75) is 31.7 Å². The fourth-order valence-electron chi connectivity index (χ4n) is 1.54. The molecular weight excluding hydrogens is 194 g/mol. The van der Waals surface area contributed by atoms with Gasteiger partial charge in [-0.05, 0) is 12.8 Å². The van der Waals surface area contributed by atoms with Crippen LogP contribution in [0.25, 0.3) is 0 Å². The van der Waals surface area contributed by atoms with Gasteiger partial charge < -0.3 is 14.6 Å². The molecule has 1 saturated carbocycles. The molecule has 0 saturated heterocycles. The molecule has 0 aromatic carbocycles. The van der Waals surface area contributed by atoms with Crippen LogP contribution in [0.5, 0.6) is 0 Å². The lowest BCUT2D eigenvalue weighted by Gasteiger charge is -2.20. The van der Waals surface area contributed by atoms with E-state index in [-0.39, 0.29) is 0 Å². The molecule has 15 heavy (non-hydrogen) atoms. The number of hydrogen-bond donors (Lipinski definition) is 1. The van der Waals surface area contributed by atoms with Gasteiger partial charge in [0, 0.05) is 19.6 Å². The van der Waals surface area contributed by atoms with Crippen molar-refractivity contribution >= 4 is 0 Å². The molecule has 0 atom stereocenters. The molecule has 0 radical (unpaired) electrons. The van der Waals surface area contributed by atoms with Gasteiger partial charge in [-0.15, -0.1) is 0 Å². The van der Waals surface area contributed by atoms with Crippen LogP contribution >= 0.6 is 0 Å². The number of rotatable bonds is 6. The van der Waals surface area contributed by atoms with Crippen molar-refractivity contribution in [3.05, 3.63) is 11.7 Å². The summed E-state index contributed by atoms with van der Waals surface area (Å²) in [5.41, 5.74) is 0.